The Hall–Kier alpha value is -3.41. The summed E-state index contributed by atoms with van der Waals surface area (Å²) in [4.78, 5) is 13.7. The lowest BCUT2D eigenvalue weighted by Gasteiger charge is -2.34. The van der Waals surface area contributed by atoms with Crippen LogP contribution in [0.15, 0.2) is 33.5 Å². The highest BCUT2D eigenvalue weighted by Gasteiger charge is 2.34. The summed E-state index contributed by atoms with van der Waals surface area (Å²) in [6.45, 7) is 13.3. The smallest absolute Gasteiger partial charge is 0.204 e. The van der Waals surface area contributed by atoms with Crippen molar-refractivity contribution >= 4 is 27.5 Å². The number of fused-ring (bicyclic) bond motifs is 4. The lowest BCUT2D eigenvalue weighted by molar-refractivity contribution is 0.0811. The van der Waals surface area contributed by atoms with Crippen LogP contribution in [0, 0.1) is 0 Å². The summed E-state index contributed by atoms with van der Waals surface area (Å²) in [5.41, 5.74) is 1.88. The van der Waals surface area contributed by atoms with Crippen LogP contribution < -0.4 is 10.2 Å². The SMILES string of the molecule is C=C(C)c1c(O)c2c(c3c(=O)c4c(O)c(CC=C(C)C)c(O)cc4oc13)CCC(C)(C)O2. The van der Waals surface area contributed by atoms with Crippen molar-refractivity contribution in [2.24, 2.45) is 0 Å². The molecule has 0 fully saturated rings. The first-order chi connectivity index (χ1) is 14.9. The van der Waals surface area contributed by atoms with Gasteiger partial charge in [0.15, 0.2) is 11.5 Å². The van der Waals surface area contributed by atoms with E-state index in [-0.39, 0.29) is 62.5 Å². The van der Waals surface area contributed by atoms with Crippen molar-refractivity contribution in [2.45, 2.75) is 59.5 Å². The zero-order valence-electron chi connectivity index (χ0n) is 19.0. The van der Waals surface area contributed by atoms with E-state index in [0.29, 0.717) is 24.0 Å². The largest absolute Gasteiger partial charge is 0.507 e. The summed E-state index contributed by atoms with van der Waals surface area (Å²) in [5, 5.41) is 32.7. The zero-order chi connectivity index (χ0) is 23.5. The van der Waals surface area contributed by atoms with Crippen molar-refractivity contribution in [3.8, 4) is 23.0 Å². The molecule has 0 radical (unpaired) electrons. The Morgan fingerprint density at radius 1 is 1.16 bits per heavy atom. The molecule has 0 saturated heterocycles. The molecule has 1 aliphatic rings. The Kier molecular flexibility index (Phi) is 4.99. The molecule has 32 heavy (non-hydrogen) atoms. The molecule has 3 N–H and O–H groups in total. The van der Waals surface area contributed by atoms with Gasteiger partial charge in [0.05, 0.1) is 10.9 Å². The highest BCUT2D eigenvalue weighted by molar-refractivity contribution is 6.02. The Morgan fingerprint density at radius 2 is 1.84 bits per heavy atom. The first kappa shape index (κ1) is 21.8. The zero-order valence-corrected chi connectivity index (χ0v) is 19.0. The molecule has 0 aliphatic carbocycles. The second-order valence-electron chi connectivity index (χ2n) is 9.39. The molecule has 0 amide bonds. The average Bonchev–Trinajstić information content (AvgIpc) is 2.66. The Balaban J connectivity index is 2.18. The van der Waals surface area contributed by atoms with Gasteiger partial charge in [-0.3, -0.25) is 4.79 Å². The van der Waals surface area contributed by atoms with Crippen molar-refractivity contribution < 1.29 is 24.5 Å². The molecule has 6 nitrogen and oxygen atoms in total. The van der Waals surface area contributed by atoms with E-state index in [0.717, 1.165) is 5.57 Å². The molecule has 1 aromatic heterocycles. The van der Waals surface area contributed by atoms with Gasteiger partial charge >= 0.3 is 0 Å². The summed E-state index contributed by atoms with van der Waals surface area (Å²) in [5.74, 6) is -0.339. The lowest BCUT2D eigenvalue weighted by Crippen LogP contribution is -2.33. The number of ether oxygens (including phenoxy) is 1. The van der Waals surface area contributed by atoms with E-state index in [4.69, 9.17) is 9.15 Å². The van der Waals surface area contributed by atoms with Gasteiger partial charge < -0.3 is 24.5 Å². The molecule has 2 heterocycles. The summed E-state index contributed by atoms with van der Waals surface area (Å²) >= 11 is 0. The van der Waals surface area contributed by atoms with Gasteiger partial charge in [-0.05, 0) is 59.5 Å². The molecule has 168 valence electrons. The van der Waals surface area contributed by atoms with E-state index < -0.39 is 11.0 Å². The van der Waals surface area contributed by atoms with Gasteiger partial charge in [-0.15, -0.1) is 0 Å². The van der Waals surface area contributed by atoms with Crippen molar-refractivity contribution in [2.75, 3.05) is 0 Å². The minimum atomic E-state index is -0.507. The monoisotopic (exact) mass is 436 g/mol. The predicted molar refractivity (Wildman–Crippen MR) is 126 cm³/mol. The van der Waals surface area contributed by atoms with Crippen LogP contribution in [-0.2, 0) is 12.8 Å². The summed E-state index contributed by atoms with van der Waals surface area (Å²) < 4.78 is 12.1. The molecular formula is C26H28O6. The van der Waals surface area contributed by atoms with Crippen molar-refractivity contribution in [1.29, 1.82) is 0 Å². The van der Waals surface area contributed by atoms with Crippen molar-refractivity contribution in [3.05, 3.63) is 51.2 Å². The van der Waals surface area contributed by atoms with Crippen LogP contribution in [0.5, 0.6) is 23.0 Å². The van der Waals surface area contributed by atoms with E-state index in [1.54, 1.807) is 6.92 Å². The number of hydrogen-bond acceptors (Lipinski definition) is 6. The number of phenolic OH excluding ortho intramolecular Hbond substituents is 3. The molecule has 3 aromatic rings. The van der Waals surface area contributed by atoms with Crippen LogP contribution in [-0.4, -0.2) is 20.9 Å². The number of allylic oxidation sites excluding steroid dienone is 3. The third kappa shape index (κ3) is 3.30. The minimum Gasteiger partial charge on any atom is -0.507 e. The van der Waals surface area contributed by atoms with Gasteiger partial charge in [0.2, 0.25) is 5.43 Å². The van der Waals surface area contributed by atoms with Gasteiger partial charge in [0, 0.05) is 17.2 Å². The van der Waals surface area contributed by atoms with Crippen LogP contribution in [0.2, 0.25) is 0 Å². The fourth-order valence-electron chi connectivity index (χ4n) is 4.29. The normalized spacial score (nSPS) is 14.8. The standard InChI is InChI=1S/C26H28O6/c1-12(2)7-8-14-16(27)11-17-20(21(14)28)22(29)19-15-9-10-26(5,6)32-24(15)23(30)18(13(3)4)25(19)31-17/h7,11,27-28,30H,3,8-10H2,1-2,4-6H3. The number of benzene rings is 2. The number of phenols is 3. The van der Waals surface area contributed by atoms with Crippen molar-refractivity contribution in [1.82, 2.24) is 0 Å². The molecule has 0 spiro atoms. The second-order valence-corrected chi connectivity index (χ2v) is 9.39. The first-order valence-electron chi connectivity index (χ1n) is 10.6. The molecule has 0 saturated carbocycles. The van der Waals surface area contributed by atoms with Gasteiger partial charge in [-0.25, -0.2) is 0 Å². The summed E-state index contributed by atoms with van der Waals surface area (Å²) in [7, 11) is 0. The number of hydrogen-bond donors (Lipinski definition) is 3. The Morgan fingerprint density at radius 3 is 2.47 bits per heavy atom. The van der Waals surface area contributed by atoms with Gasteiger partial charge in [-0.1, -0.05) is 18.2 Å². The average molecular weight is 437 g/mol. The van der Waals surface area contributed by atoms with E-state index in [2.05, 4.69) is 6.58 Å². The molecule has 0 bridgehead atoms. The maximum Gasteiger partial charge on any atom is 0.204 e. The van der Waals surface area contributed by atoms with E-state index in [9.17, 15) is 20.1 Å². The predicted octanol–water partition coefficient (Wildman–Crippen LogP) is 5.71. The van der Waals surface area contributed by atoms with Crippen molar-refractivity contribution in [3.63, 3.8) is 0 Å². The second kappa shape index (κ2) is 7.33. The molecule has 1 aliphatic heterocycles. The van der Waals surface area contributed by atoms with Crippen LogP contribution in [0.4, 0.5) is 0 Å². The number of aryl methyl sites for hydroxylation is 1. The molecule has 6 heteroatoms. The highest BCUT2D eigenvalue weighted by Crippen LogP contribution is 2.48. The van der Waals surface area contributed by atoms with Crippen LogP contribution in [0.1, 0.15) is 57.7 Å². The number of aromatic hydroxyl groups is 3. The van der Waals surface area contributed by atoms with E-state index in [1.165, 1.54) is 6.07 Å². The minimum absolute atomic E-state index is 0.00200. The lowest BCUT2D eigenvalue weighted by atomic mass is 9.88. The molecule has 4 rings (SSSR count). The highest BCUT2D eigenvalue weighted by atomic mass is 16.5. The van der Waals surface area contributed by atoms with Gasteiger partial charge in [0.1, 0.15) is 33.7 Å². The van der Waals surface area contributed by atoms with Crippen LogP contribution >= 0.6 is 0 Å². The van der Waals surface area contributed by atoms with Gasteiger partial charge in [-0.2, -0.15) is 0 Å². The van der Waals surface area contributed by atoms with Crippen LogP contribution in [0.3, 0.4) is 0 Å². The third-order valence-corrected chi connectivity index (χ3v) is 5.99. The van der Waals surface area contributed by atoms with E-state index in [1.807, 2.05) is 33.8 Å². The Labute approximate surface area is 186 Å². The first-order valence-corrected chi connectivity index (χ1v) is 10.6. The quantitative estimate of drug-likeness (QED) is 0.359. The molecular weight excluding hydrogens is 408 g/mol. The summed E-state index contributed by atoms with van der Waals surface area (Å²) in [6.07, 6.45) is 3.28. The summed E-state index contributed by atoms with van der Waals surface area (Å²) in [6, 6.07) is 1.34. The Bertz CT molecular complexity index is 1380. The number of rotatable bonds is 3. The van der Waals surface area contributed by atoms with E-state index >= 15 is 0 Å². The fraction of sp³-hybridized carbons (Fsp3) is 0.346. The topological polar surface area (TPSA) is 100 Å². The molecule has 2 aromatic carbocycles. The maximum atomic E-state index is 13.7. The maximum absolute atomic E-state index is 13.7. The van der Waals surface area contributed by atoms with Crippen LogP contribution in [0.25, 0.3) is 27.5 Å². The molecule has 0 unspecified atom stereocenters. The third-order valence-electron chi connectivity index (χ3n) is 5.99. The van der Waals surface area contributed by atoms with Gasteiger partial charge in [0.25, 0.3) is 0 Å². The fourth-order valence-corrected chi connectivity index (χ4v) is 4.29. The molecule has 0 atom stereocenters.